The van der Waals surface area contributed by atoms with E-state index in [0.29, 0.717) is 0 Å². The summed E-state index contributed by atoms with van der Waals surface area (Å²) in [5.41, 5.74) is 11.0. The van der Waals surface area contributed by atoms with E-state index in [1.54, 1.807) is 0 Å². The van der Waals surface area contributed by atoms with E-state index in [0.717, 1.165) is 17.1 Å². The zero-order valence-corrected chi connectivity index (χ0v) is 28.6. The van der Waals surface area contributed by atoms with Crippen LogP contribution in [0.3, 0.4) is 0 Å². The zero-order valence-electron chi connectivity index (χ0n) is 28.6. The first kappa shape index (κ1) is 27.6. The van der Waals surface area contributed by atoms with Crippen LogP contribution in [0.25, 0.3) is 97.7 Å². The van der Waals surface area contributed by atoms with E-state index < -0.39 is 0 Å². The lowest BCUT2D eigenvalue weighted by molar-refractivity contribution is 1.27. The van der Waals surface area contributed by atoms with E-state index in [1.807, 2.05) is 0 Å². The van der Waals surface area contributed by atoms with Crippen molar-refractivity contribution >= 4 is 115 Å². The molecule has 0 radical (unpaired) electrons. The Labute approximate surface area is 303 Å². The molecule has 0 aliphatic carbocycles. The molecular formula is C50H29N3. The number of anilines is 3. The highest BCUT2D eigenvalue weighted by Gasteiger charge is 2.26. The molecule has 0 saturated carbocycles. The third-order valence-electron chi connectivity index (χ3n) is 11.9. The molecule has 0 fully saturated rings. The fourth-order valence-corrected chi connectivity index (χ4v) is 9.73. The summed E-state index contributed by atoms with van der Waals surface area (Å²) in [4.78, 5) is 2.41. The molecule has 0 saturated heterocycles. The molecular weight excluding hydrogens is 643 g/mol. The van der Waals surface area contributed by atoms with Crippen LogP contribution in [-0.4, -0.2) is 8.80 Å². The van der Waals surface area contributed by atoms with E-state index >= 15 is 0 Å². The highest BCUT2D eigenvalue weighted by molar-refractivity contribution is 6.34. The maximum Gasteiger partial charge on any atom is 0.0782 e. The topological polar surface area (TPSA) is 12.1 Å². The van der Waals surface area contributed by atoms with Gasteiger partial charge in [-0.05, 0) is 82.2 Å². The van der Waals surface area contributed by atoms with Gasteiger partial charge in [0.2, 0.25) is 0 Å². The lowest BCUT2D eigenvalue weighted by Gasteiger charge is -2.26. The van der Waals surface area contributed by atoms with Crippen molar-refractivity contribution in [2.24, 2.45) is 0 Å². The van der Waals surface area contributed by atoms with Crippen molar-refractivity contribution in [3.8, 4) is 0 Å². The van der Waals surface area contributed by atoms with Crippen LogP contribution >= 0.6 is 0 Å². The van der Waals surface area contributed by atoms with Gasteiger partial charge >= 0.3 is 0 Å². The molecule has 244 valence electrons. The monoisotopic (exact) mass is 671 g/mol. The molecule has 4 heterocycles. The quantitative estimate of drug-likeness (QED) is 0.182. The molecule has 0 aliphatic heterocycles. The van der Waals surface area contributed by atoms with Crippen LogP contribution < -0.4 is 4.90 Å². The molecule has 4 aromatic heterocycles. The van der Waals surface area contributed by atoms with Crippen LogP contribution in [0.1, 0.15) is 0 Å². The van der Waals surface area contributed by atoms with Gasteiger partial charge in [0.15, 0.2) is 0 Å². The first-order valence-electron chi connectivity index (χ1n) is 18.4. The Balaban J connectivity index is 1.24. The van der Waals surface area contributed by atoms with Crippen molar-refractivity contribution in [1.82, 2.24) is 8.80 Å². The second-order valence-electron chi connectivity index (χ2n) is 14.5. The van der Waals surface area contributed by atoms with Crippen LogP contribution in [0.15, 0.2) is 176 Å². The molecule has 13 rings (SSSR count). The minimum Gasteiger partial charge on any atom is -0.308 e. The maximum absolute atomic E-state index is 2.56. The largest absolute Gasteiger partial charge is 0.308 e. The Morgan fingerprint density at radius 3 is 1.57 bits per heavy atom. The van der Waals surface area contributed by atoms with Gasteiger partial charge in [-0.1, -0.05) is 115 Å². The molecule has 0 unspecified atom stereocenters. The highest BCUT2D eigenvalue weighted by atomic mass is 15.2. The number of hydrogen-bond donors (Lipinski definition) is 0. The van der Waals surface area contributed by atoms with Gasteiger partial charge in [-0.25, -0.2) is 0 Å². The average molecular weight is 672 g/mol. The lowest BCUT2D eigenvalue weighted by atomic mass is 9.98. The number of rotatable bonds is 3. The molecule has 0 atom stereocenters. The number of fused-ring (bicyclic) bond motifs is 15. The van der Waals surface area contributed by atoms with Gasteiger partial charge in [0.25, 0.3) is 0 Å². The molecule has 0 aliphatic rings. The summed E-state index contributed by atoms with van der Waals surface area (Å²) < 4.78 is 5.11. The van der Waals surface area contributed by atoms with Crippen molar-refractivity contribution in [3.05, 3.63) is 176 Å². The Bertz CT molecular complexity index is 3570. The zero-order chi connectivity index (χ0) is 34.4. The van der Waals surface area contributed by atoms with Gasteiger partial charge in [-0.3, -0.25) is 0 Å². The second-order valence-corrected chi connectivity index (χ2v) is 14.5. The average Bonchev–Trinajstić information content (AvgIpc) is 3.93. The minimum atomic E-state index is 1.13. The van der Waals surface area contributed by atoms with Gasteiger partial charge < -0.3 is 13.7 Å². The van der Waals surface area contributed by atoms with Crippen molar-refractivity contribution in [1.29, 1.82) is 0 Å². The summed E-state index contributed by atoms with van der Waals surface area (Å²) in [6.45, 7) is 0. The Kier molecular flexibility index (Phi) is 5.11. The molecule has 0 N–H and O–H groups in total. The van der Waals surface area contributed by atoms with Gasteiger partial charge in [-0.15, -0.1) is 0 Å². The predicted molar refractivity (Wildman–Crippen MR) is 225 cm³/mol. The first-order chi connectivity index (χ1) is 26.3. The minimum absolute atomic E-state index is 1.13. The summed E-state index contributed by atoms with van der Waals surface area (Å²) in [7, 11) is 0. The van der Waals surface area contributed by atoms with Crippen LogP contribution in [0.2, 0.25) is 0 Å². The predicted octanol–water partition coefficient (Wildman–Crippen LogP) is 13.8. The number of nitrogens with zero attached hydrogens (tertiary/aromatic N) is 3. The Hall–Kier alpha value is -7.10. The van der Waals surface area contributed by atoms with Gasteiger partial charge in [0.1, 0.15) is 0 Å². The van der Waals surface area contributed by atoms with Crippen molar-refractivity contribution in [2.75, 3.05) is 4.90 Å². The van der Waals surface area contributed by atoms with E-state index in [-0.39, 0.29) is 0 Å². The van der Waals surface area contributed by atoms with E-state index in [4.69, 9.17) is 0 Å². The maximum atomic E-state index is 2.56. The summed E-state index contributed by atoms with van der Waals surface area (Å²) >= 11 is 0. The third kappa shape index (κ3) is 3.44. The van der Waals surface area contributed by atoms with Crippen LogP contribution in [0.4, 0.5) is 17.1 Å². The number of para-hydroxylation sites is 4. The molecule has 3 heteroatoms. The van der Waals surface area contributed by atoms with Crippen molar-refractivity contribution in [2.45, 2.75) is 0 Å². The van der Waals surface area contributed by atoms with Gasteiger partial charge in [0, 0.05) is 54.5 Å². The molecule has 9 aromatic carbocycles. The molecule has 13 aromatic rings. The lowest BCUT2D eigenvalue weighted by Crippen LogP contribution is -2.10. The molecule has 0 bridgehead atoms. The van der Waals surface area contributed by atoms with Gasteiger partial charge in [-0.2, -0.15) is 0 Å². The van der Waals surface area contributed by atoms with Crippen LogP contribution in [-0.2, 0) is 0 Å². The Morgan fingerprint density at radius 2 is 0.811 bits per heavy atom. The first-order valence-corrected chi connectivity index (χ1v) is 18.4. The summed E-state index contributed by atoms with van der Waals surface area (Å²) in [6.07, 6.45) is 0. The number of hydrogen-bond acceptors (Lipinski definition) is 1. The molecule has 0 spiro atoms. The number of benzene rings is 9. The Morgan fingerprint density at radius 1 is 0.302 bits per heavy atom. The smallest absolute Gasteiger partial charge is 0.0782 e. The molecule has 3 nitrogen and oxygen atoms in total. The highest BCUT2D eigenvalue weighted by Crippen LogP contribution is 2.49. The van der Waals surface area contributed by atoms with Crippen LogP contribution in [0, 0.1) is 0 Å². The fourth-order valence-electron chi connectivity index (χ4n) is 9.73. The third-order valence-corrected chi connectivity index (χ3v) is 11.9. The van der Waals surface area contributed by atoms with E-state index in [1.165, 1.54) is 97.7 Å². The van der Waals surface area contributed by atoms with Crippen molar-refractivity contribution in [3.63, 3.8) is 0 Å². The van der Waals surface area contributed by atoms with E-state index in [2.05, 4.69) is 190 Å². The fraction of sp³-hybridized carbons (Fsp3) is 0. The summed E-state index contributed by atoms with van der Waals surface area (Å²) in [6, 6.07) is 65.0. The normalized spacial score (nSPS) is 12.5. The summed E-state index contributed by atoms with van der Waals surface area (Å²) in [5.74, 6) is 0. The number of aromatic nitrogens is 2. The van der Waals surface area contributed by atoms with Crippen molar-refractivity contribution < 1.29 is 0 Å². The molecule has 0 amide bonds. The summed E-state index contributed by atoms with van der Waals surface area (Å²) in [5, 5.41) is 15.5. The van der Waals surface area contributed by atoms with Gasteiger partial charge in [0.05, 0.1) is 38.8 Å². The molecule has 53 heavy (non-hydrogen) atoms. The second kappa shape index (κ2) is 9.81. The van der Waals surface area contributed by atoms with Crippen LogP contribution in [0.5, 0.6) is 0 Å². The van der Waals surface area contributed by atoms with E-state index in [9.17, 15) is 0 Å². The standard InChI is InChI=1S/C50H29N3/c1-3-16-33(17-4-1)51(34-18-5-2-6-19-34)43-24-12-23-37-36-21-11-22-38-40-28-46-42(29-45(40)53(48(36)38)49(37)43)47-35-20-10-9-15-32(35)26-41-39-25-30-13-7-8-14-31(30)27-44(39)52(46)50(41)47/h1-29H. The SMILES string of the molecule is c1ccc(N(c2ccccc2)c2cccc3c4cccc5c6cc7c(cc6n(c23)c54)c2c3ccccc3cc3c4cc5ccccc5cc4n7c32)cc1.